The van der Waals surface area contributed by atoms with Crippen LogP contribution in [0.2, 0.25) is 0 Å². The summed E-state index contributed by atoms with van der Waals surface area (Å²) in [5.74, 6) is 1.45. The molecule has 1 unspecified atom stereocenters. The van der Waals surface area contributed by atoms with Crippen molar-refractivity contribution < 1.29 is 4.79 Å². The molecule has 2 aromatic rings. The minimum Gasteiger partial charge on any atom is -0.349 e. The van der Waals surface area contributed by atoms with Gasteiger partial charge in [0.2, 0.25) is 5.91 Å². The Labute approximate surface area is 129 Å². The van der Waals surface area contributed by atoms with Gasteiger partial charge >= 0.3 is 0 Å². The maximum atomic E-state index is 12.0. The average molecular weight is 299 g/mol. The van der Waals surface area contributed by atoms with Crippen LogP contribution in [0, 0.1) is 5.92 Å². The molecule has 6 nitrogen and oxygen atoms in total. The van der Waals surface area contributed by atoms with Gasteiger partial charge in [-0.05, 0) is 44.0 Å². The normalized spacial score (nSPS) is 17.5. The summed E-state index contributed by atoms with van der Waals surface area (Å²) < 4.78 is 1.89. The van der Waals surface area contributed by atoms with Crippen molar-refractivity contribution in [1.29, 1.82) is 0 Å². The number of hydrogen-bond donors (Lipinski definition) is 2. The maximum absolute atomic E-state index is 12.0. The largest absolute Gasteiger partial charge is 0.349 e. The van der Waals surface area contributed by atoms with E-state index in [1.807, 2.05) is 34.9 Å². The number of nitrogens with zero attached hydrogens (tertiary/aromatic N) is 3. The van der Waals surface area contributed by atoms with Gasteiger partial charge in [-0.15, -0.1) is 10.2 Å². The van der Waals surface area contributed by atoms with Gasteiger partial charge in [0.15, 0.2) is 5.82 Å². The van der Waals surface area contributed by atoms with E-state index in [-0.39, 0.29) is 5.91 Å². The van der Waals surface area contributed by atoms with Crippen molar-refractivity contribution in [2.75, 3.05) is 13.1 Å². The molecule has 116 valence electrons. The van der Waals surface area contributed by atoms with Crippen molar-refractivity contribution in [3.63, 3.8) is 0 Å². The molecule has 1 aromatic carbocycles. The van der Waals surface area contributed by atoms with Crippen LogP contribution in [0.3, 0.4) is 0 Å². The molecule has 0 bridgehead atoms. The third-order valence-corrected chi connectivity index (χ3v) is 4.04. The van der Waals surface area contributed by atoms with Crippen molar-refractivity contribution in [1.82, 2.24) is 25.4 Å². The molecule has 1 saturated heterocycles. The highest BCUT2D eigenvalue weighted by atomic mass is 16.1. The summed E-state index contributed by atoms with van der Waals surface area (Å²) in [6, 6.07) is 9.87. The van der Waals surface area contributed by atoms with Gasteiger partial charge in [0.1, 0.15) is 6.33 Å². The third kappa shape index (κ3) is 3.71. The average Bonchev–Trinajstić information content (AvgIpc) is 3.23. The van der Waals surface area contributed by atoms with Gasteiger partial charge in [0.05, 0.1) is 6.54 Å². The van der Waals surface area contributed by atoms with Crippen molar-refractivity contribution in [2.45, 2.75) is 25.8 Å². The van der Waals surface area contributed by atoms with Crippen LogP contribution in [0.25, 0.3) is 5.69 Å². The summed E-state index contributed by atoms with van der Waals surface area (Å²) in [5.41, 5.74) is 0.994. The lowest BCUT2D eigenvalue weighted by atomic mass is 10.0. The first-order valence-corrected chi connectivity index (χ1v) is 7.74. The number of carbonyl (C=O) groups excluding carboxylic acids is 1. The molecule has 0 radical (unpaired) electrons. The minimum atomic E-state index is 0.0783. The van der Waals surface area contributed by atoms with Gasteiger partial charge in [-0.25, -0.2) is 0 Å². The Morgan fingerprint density at radius 2 is 2.23 bits per heavy atom. The molecular weight excluding hydrogens is 278 g/mol. The Morgan fingerprint density at radius 3 is 3.00 bits per heavy atom. The van der Waals surface area contributed by atoms with Crippen LogP contribution < -0.4 is 10.6 Å². The van der Waals surface area contributed by atoms with Gasteiger partial charge in [0.25, 0.3) is 0 Å². The number of amides is 1. The Bertz CT molecular complexity index is 604. The summed E-state index contributed by atoms with van der Waals surface area (Å²) in [6.45, 7) is 2.51. The quantitative estimate of drug-likeness (QED) is 0.842. The maximum Gasteiger partial charge on any atom is 0.220 e. The molecule has 6 heteroatoms. The highest BCUT2D eigenvalue weighted by Crippen LogP contribution is 2.14. The van der Waals surface area contributed by atoms with Crippen molar-refractivity contribution >= 4 is 5.91 Å². The van der Waals surface area contributed by atoms with Gasteiger partial charge < -0.3 is 10.6 Å². The molecule has 22 heavy (non-hydrogen) atoms. The molecule has 1 aromatic heterocycles. The molecule has 1 amide bonds. The second-order valence-corrected chi connectivity index (χ2v) is 5.63. The summed E-state index contributed by atoms with van der Waals surface area (Å²) in [5, 5.41) is 14.3. The minimum absolute atomic E-state index is 0.0783. The molecule has 0 saturated carbocycles. The van der Waals surface area contributed by atoms with Crippen LogP contribution >= 0.6 is 0 Å². The lowest BCUT2D eigenvalue weighted by Gasteiger charge is -2.09. The Morgan fingerprint density at radius 1 is 1.36 bits per heavy atom. The van der Waals surface area contributed by atoms with E-state index >= 15 is 0 Å². The topological polar surface area (TPSA) is 71.8 Å². The fourth-order valence-corrected chi connectivity index (χ4v) is 2.75. The highest BCUT2D eigenvalue weighted by Gasteiger charge is 2.16. The van der Waals surface area contributed by atoms with Crippen LogP contribution in [0.5, 0.6) is 0 Å². The lowest BCUT2D eigenvalue weighted by Crippen LogP contribution is -2.25. The Balaban J connectivity index is 1.51. The Hall–Kier alpha value is -2.21. The van der Waals surface area contributed by atoms with Gasteiger partial charge in [0, 0.05) is 12.1 Å². The smallest absolute Gasteiger partial charge is 0.220 e. The summed E-state index contributed by atoms with van der Waals surface area (Å²) in [4.78, 5) is 12.0. The second-order valence-electron chi connectivity index (χ2n) is 5.63. The number of benzene rings is 1. The zero-order valence-electron chi connectivity index (χ0n) is 12.5. The molecule has 3 rings (SSSR count). The van der Waals surface area contributed by atoms with E-state index < -0.39 is 0 Å². The lowest BCUT2D eigenvalue weighted by molar-refractivity contribution is -0.121. The summed E-state index contributed by atoms with van der Waals surface area (Å²) >= 11 is 0. The molecule has 0 spiro atoms. The van der Waals surface area contributed by atoms with Crippen LogP contribution in [0.4, 0.5) is 0 Å². The first-order chi connectivity index (χ1) is 10.8. The monoisotopic (exact) mass is 299 g/mol. The third-order valence-electron chi connectivity index (χ3n) is 4.04. The van der Waals surface area contributed by atoms with Crippen molar-refractivity contribution in [2.24, 2.45) is 5.92 Å². The summed E-state index contributed by atoms with van der Waals surface area (Å²) in [7, 11) is 0. The number of carbonyl (C=O) groups is 1. The first kappa shape index (κ1) is 14.7. The van der Waals surface area contributed by atoms with E-state index in [4.69, 9.17) is 0 Å². The van der Waals surface area contributed by atoms with E-state index in [0.717, 1.165) is 31.0 Å². The van der Waals surface area contributed by atoms with E-state index in [2.05, 4.69) is 20.8 Å². The molecule has 2 N–H and O–H groups in total. The SMILES string of the molecule is O=C(CCC1CCNC1)NCc1nncn1-c1ccccc1. The van der Waals surface area contributed by atoms with E-state index in [0.29, 0.717) is 18.9 Å². The molecule has 1 aliphatic rings. The highest BCUT2D eigenvalue weighted by molar-refractivity contribution is 5.75. The Kier molecular flexibility index (Phi) is 4.80. The standard InChI is InChI=1S/C16H21N5O/c22-16(7-6-13-8-9-17-10-13)18-11-15-20-19-12-21(15)14-4-2-1-3-5-14/h1-5,12-13,17H,6-11H2,(H,18,22). The zero-order valence-corrected chi connectivity index (χ0v) is 12.5. The number of nitrogens with one attached hydrogen (secondary N) is 2. The van der Waals surface area contributed by atoms with Gasteiger partial charge in [-0.2, -0.15) is 0 Å². The fourth-order valence-electron chi connectivity index (χ4n) is 2.75. The molecule has 2 heterocycles. The molecule has 1 fully saturated rings. The van der Waals surface area contributed by atoms with Crippen LogP contribution in [-0.2, 0) is 11.3 Å². The summed E-state index contributed by atoms with van der Waals surface area (Å²) in [6.07, 6.45) is 4.37. The zero-order chi connectivity index (χ0) is 15.2. The number of para-hydroxylation sites is 1. The predicted molar refractivity (Wildman–Crippen MR) is 83.4 cm³/mol. The number of aromatic nitrogens is 3. The number of hydrogen-bond acceptors (Lipinski definition) is 4. The van der Waals surface area contributed by atoms with Crippen LogP contribution in [0.15, 0.2) is 36.7 Å². The van der Waals surface area contributed by atoms with Crippen LogP contribution in [-0.4, -0.2) is 33.8 Å². The molecule has 1 aliphatic heterocycles. The van der Waals surface area contributed by atoms with Crippen LogP contribution in [0.1, 0.15) is 25.1 Å². The van der Waals surface area contributed by atoms with E-state index in [1.165, 1.54) is 6.42 Å². The van der Waals surface area contributed by atoms with Gasteiger partial charge in [-0.3, -0.25) is 9.36 Å². The van der Waals surface area contributed by atoms with E-state index in [9.17, 15) is 4.79 Å². The number of rotatable bonds is 6. The predicted octanol–water partition coefficient (Wildman–Crippen LogP) is 1.27. The molecular formula is C16H21N5O. The molecule has 1 atom stereocenters. The molecule has 0 aliphatic carbocycles. The van der Waals surface area contributed by atoms with E-state index in [1.54, 1.807) is 6.33 Å². The second kappa shape index (κ2) is 7.17. The van der Waals surface area contributed by atoms with Crippen molar-refractivity contribution in [3.05, 3.63) is 42.5 Å². The fraction of sp³-hybridized carbons (Fsp3) is 0.438. The first-order valence-electron chi connectivity index (χ1n) is 7.74. The van der Waals surface area contributed by atoms with Crippen molar-refractivity contribution in [3.8, 4) is 5.69 Å². The van der Waals surface area contributed by atoms with Gasteiger partial charge in [-0.1, -0.05) is 18.2 Å².